The third kappa shape index (κ3) is 3.00. The smallest absolute Gasteiger partial charge is 0.325 e. The van der Waals surface area contributed by atoms with Gasteiger partial charge >= 0.3 is 5.97 Å². The molecule has 0 radical (unpaired) electrons. The topological polar surface area (TPSA) is 77.0 Å². The maximum absolute atomic E-state index is 10.9. The predicted octanol–water partition coefficient (Wildman–Crippen LogP) is 1.12. The van der Waals surface area contributed by atoms with Gasteiger partial charge in [0.2, 0.25) is 0 Å². The lowest BCUT2D eigenvalue weighted by molar-refractivity contribution is -0.138. The Bertz CT molecular complexity index is 513. The quantitative estimate of drug-likeness (QED) is 0.812. The van der Waals surface area contributed by atoms with E-state index in [1.54, 1.807) is 18.3 Å². The molecule has 0 saturated heterocycles. The fourth-order valence-electron chi connectivity index (χ4n) is 1.31. The first kappa shape index (κ1) is 12.0. The molecule has 0 atom stereocenters. The van der Waals surface area contributed by atoms with Gasteiger partial charge in [-0.25, -0.2) is 0 Å². The first-order valence-corrected chi connectivity index (χ1v) is 5.35. The molecular weight excluding hydrogens is 232 g/mol. The van der Waals surface area contributed by atoms with Crippen LogP contribution in [0.5, 0.6) is 0 Å². The van der Waals surface area contributed by atoms with Gasteiger partial charge in [0.25, 0.3) is 0 Å². The molecule has 2 aromatic heterocycles. The zero-order valence-electron chi connectivity index (χ0n) is 9.83. The highest BCUT2D eigenvalue weighted by molar-refractivity contribution is 5.74. The van der Waals surface area contributed by atoms with Crippen LogP contribution in [0.4, 0.5) is 5.82 Å². The van der Waals surface area contributed by atoms with Crippen LogP contribution in [-0.4, -0.2) is 34.8 Å². The second kappa shape index (κ2) is 5.72. The number of carbonyl (C=O) groups excluding carboxylic acids is 1. The number of ether oxygens (including phenoxy) is 1. The molecule has 0 aromatic carbocycles. The third-order valence-electron chi connectivity index (χ3n) is 2.23. The zero-order chi connectivity index (χ0) is 12.8. The van der Waals surface area contributed by atoms with Gasteiger partial charge in [0.15, 0.2) is 0 Å². The molecule has 6 heteroatoms. The van der Waals surface area contributed by atoms with E-state index in [2.05, 4.69) is 25.2 Å². The number of hydrogen-bond donors (Lipinski definition) is 1. The lowest BCUT2D eigenvalue weighted by Gasteiger charge is -2.04. The Balaban J connectivity index is 2.04. The fraction of sp³-hybridized carbons (Fsp3) is 0.167. The molecule has 0 unspecified atom stereocenters. The zero-order valence-corrected chi connectivity index (χ0v) is 9.83. The first-order valence-electron chi connectivity index (χ1n) is 5.35. The number of nitrogens with one attached hydrogen (secondary N) is 1. The molecule has 18 heavy (non-hydrogen) atoms. The Hall–Kier alpha value is -2.50. The van der Waals surface area contributed by atoms with Gasteiger partial charge in [0, 0.05) is 6.20 Å². The summed E-state index contributed by atoms with van der Waals surface area (Å²) in [6.07, 6.45) is 1.69. The van der Waals surface area contributed by atoms with Crippen LogP contribution in [0, 0.1) is 0 Å². The fourth-order valence-corrected chi connectivity index (χ4v) is 1.31. The number of carbonyl (C=O) groups is 1. The summed E-state index contributed by atoms with van der Waals surface area (Å²) in [4.78, 5) is 15.1. The van der Waals surface area contributed by atoms with Crippen molar-refractivity contribution in [2.45, 2.75) is 0 Å². The number of esters is 1. The highest BCUT2D eigenvalue weighted by atomic mass is 16.5. The van der Waals surface area contributed by atoms with Crippen LogP contribution < -0.4 is 5.32 Å². The molecular formula is C12H12N4O2. The number of rotatable bonds is 4. The lowest BCUT2D eigenvalue weighted by atomic mass is 10.2. The summed E-state index contributed by atoms with van der Waals surface area (Å²) in [5.74, 6) is 0.158. The number of anilines is 1. The summed E-state index contributed by atoms with van der Waals surface area (Å²) in [5, 5.41) is 10.8. The molecule has 2 aromatic rings. The van der Waals surface area contributed by atoms with Gasteiger partial charge in [-0.3, -0.25) is 9.78 Å². The Kier molecular flexibility index (Phi) is 3.80. The van der Waals surface area contributed by atoms with E-state index < -0.39 is 0 Å². The highest BCUT2D eigenvalue weighted by Crippen LogP contribution is 2.13. The Morgan fingerprint density at radius 3 is 2.72 bits per heavy atom. The van der Waals surface area contributed by atoms with Crippen LogP contribution in [0.2, 0.25) is 0 Å². The third-order valence-corrected chi connectivity index (χ3v) is 2.23. The van der Waals surface area contributed by atoms with Crippen LogP contribution in [0.3, 0.4) is 0 Å². The van der Waals surface area contributed by atoms with E-state index >= 15 is 0 Å². The van der Waals surface area contributed by atoms with Crippen molar-refractivity contribution in [1.29, 1.82) is 0 Å². The average Bonchev–Trinajstić information content (AvgIpc) is 2.46. The molecule has 6 nitrogen and oxygen atoms in total. The number of nitrogens with zero attached hydrogens (tertiary/aromatic N) is 3. The molecule has 0 aliphatic rings. The van der Waals surface area contributed by atoms with E-state index in [0.29, 0.717) is 11.5 Å². The van der Waals surface area contributed by atoms with E-state index in [9.17, 15) is 4.79 Å². The van der Waals surface area contributed by atoms with Gasteiger partial charge in [-0.05, 0) is 24.3 Å². The minimum absolute atomic E-state index is 0.0636. The molecule has 0 aliphatic heterocycles. The Labute approximate surface area is 104 Å². The summed E-state index contributed by atoms with van der Waals surface area (Å²) in [6, 6.07) is 9.09. The van der Waals surface area contributed by atoms with Crippen molar-refractivity contribution in [2.24, 2.45) is 0 Å². The number of hydrogen-bond acceptors (Lipinski definition) is 6. The van der Waals surface area contributed by atoms with Crippen LogP contribution in [-0.2, 0) is 9.53 Å². The van der Waals surface area contributed by atoms with E-state index in [0.717, 1.165) is 5.69 Å². The predicted molar refractivity (Wildman–Crippen MR) is 65.8 cm³/mol. The average molecular weight is 244 g/mol. The standard InChI is InChI=1S/C12H12N4O2/c1-18-12(17)8-14-11-6-5-10(15-16-11)9-4-2-3-7-13-9/h2-7H,8H2,1H3,(H,14,16). The van der Waals surface area contributed by atoms with Crippen molar-refractivity contribution in [1.82, 2.24) is 15.2 Å². The molecule has 2 rings (SSSR count). The summed E-state index contributed by atoms with van der Waals surface area (Å²) in [7, 11) is 1.33. The molecule has 2 heterocycles. The van der Waals surface area contributed by atoms with Gasteiger partial charge in [0.1, 0.15) is 18.1 Å². The summed E-state index contributed by atoms with van der Waals surface area (Å²) < 4.78 is 4.51. The monoisotopic (exact) mass is 244 g/mol. The summed E-state index contributed by atoms with van der Waals surface area (Å²) in [6.45, 7) is 0.0636. The van der Waals surface area contributed by atoms with Crippen molar-refractivity contribution in [3.8, 4) is 11.4 Å². The van der Waals surface area contributed by atoms with E-state index in [-0.39, 0.29) is 12.5 Å². The van der Waals surface area contributed by atoms with Gasteiger partial charge in [-0.2, -0.15) is 0 Å². The lowest BCUT2D eigenvalue weighted by Crippen LogP contribution is -2.15. The molecule has 0 saturated carbocycles. The van der Waals surface area contributed by atoms with Crippen LogP contribution >= 0.6 is 0 Å². The second-order valence-electron chi connectivity index (χ2n) is 3.45. The minimum Gasteiger partial charge on any atom is -0.468 e. The van der Waals surface area contributed by atoms with Crippen LogP contribution in [0.25, 0.3) is 11.4 Å². The largest absolute Gasteiger partial charge is 0.468 e. The van der Waals surface area contributed by atoms with Crippen molar-refractivity contribution in [3.63, 3.8) is 0 Å². The normalized spacial score (nSPS) is 9.83. The SMILES string of the molecule is COC(=O)CNc1ccc(-c2ccccn2)nn1. The highest BCUT2D eigenvalue weighted by Gasteiger charge is 2.03. The summed E-state index contributed by atoms with van der Waals surface area (Å²) in [5.41, 5.74) is 1.43. The van der Waals surface area contributed by atoms with Crippen molar-refractivity contribution in [3.05, 3.63) is 36.5 Å². The molecule has 1 N–H and O–H groups in total. The first-order chi connectivity index (χ1) is 8.79. The second-order valence-corrected chi connectivity index (χ2v) is 3.45. The van der Waals surface area contributed by atoms with Crippen molar-refractivity contribution >= 4 is 11.8 Å². The van der Waals surface area contributed by atoms with Gasteiger partial charge in [-0.15, -0.1) is 10.2 Å². The van der Waals surface area contributed by atoms with Crippen LogP contribution in [0.1, 0.15) is 0 Å². The molecule has 0 amide bonds. The van der Waals surface area contributed by atoms with Gasteiger partial charge in [0.05, 0.1) is 12.8 Å². The molecule has 0 fully saturated rings. The number of aromatic nitrogens is 3. The van der Waals surface area contributed by atoms with Crippen LogP contribution in [0.15, 0.2) is 36.5 Å². The number of methoxy groups -OCH3 is 1. The minimum atomic E-state index is -0.356. The maximum atomic E-state index is 10.9. The van der Waals surface area contributed by atoms with E-state index in [1.807, 2.05) is 18.2 Å². The Morgan fingerprint density at radius 1 is 1.22 bits per heavy atom. The van der Waals surface area contributed by atoms with Gasteiger partial charge in [-0.1, -0.05) is 6.07 Å². The molecule has 92 valence electrons. The number of pyridine rings is 1. The molecule has 0 aliphatic carbocycles. The van der Waals surface area contributed by atoms with Gasteiger partial charge < -0.3 is 10.1 Å². The summed E-state index contributed by atoms with van der Waals surface area (Å²) >= 11 is 0. The van der Waals surface area contributed by atoms with Crippen molar-refractivity contribution in [2.75, 3.05) is 19.0 Å². The molecule has 0 spiro atoms. The Morgan fingerprint density at radius 2 is 2.11 bits per heavy atom. The van der Waals surface area contributed by atoms with E-state index in [4.69, 9.17) is 0 Å². The van der Waals surface area contributed by atoms with E-state index in [1.165, 1.54) is 7.11 Å². The molecule has 0 bridgehead atoms. The van der Waals surface area contributed by atoms with Crippen molar-refractivity contribution < 1.29 is 9.53 Å². The maximum Gasteiger partial charge on any atom is 0.325 e.